The van der Waals surface area contributed by atoms with E-state index in [9.17, 15) is 12.8 Å². The van der Waals surface area contributed by atoms with Crippen molar-refractivity contribution >= 4 is 15.7 Å². The Labute approximate surface area is 123 Å². The number of hydrogen-bond acceptors (Lipinski definition) is 3. The van der Waals surface area contributed by atoms with Crippen molar-refractivity contribution in [3.8, 4) is 0 Å². The number of para-hydroxylation sites is 1. The van der Waals surface area contributed by atoms with E-state index < -0.39 is 15.8 Å². The number of anilines is 1. The summed E-state index contributed by atoms with van der Waals surface area (Å²) < 4.78 is 45.0. The molecule has 0 heterocycles. The molecule has 0 saturated carbocycles. The molecule has 0 aliphatic heterocycles. The summed E-state index contributed by atoms with van der Waals surface area (Å²) in [5, 5.41) is 0. The highest BCUT2D eigenvalue weighted by atomic mass is 32.2. The summed E-state index contributed by atoms with van der Waals surface area (Å²) in [6.07, 6.45) is 0.596. The molecule has 0 aromatic heterocycles. The first kappa shape index (κ1) is 15.5. The molecular formula is C15H16FNO3S. The fourth-order valence-electron chi connectivity index (χ4n) is 1.87. The van der Waals surface area contributed by atoms with Crippen molar-refractivity contribution in [1.82, 2.24) is 0 Å². The number of halogens is 1. The number of methoxy groups -OCH3 is 1. The Hall–Kier alpha value is -1.92. The van der Waals surface area contributed by atoms with Crippen molar-refractivity contribution in [3.05, 3.63) is 59.9 Å². The van der Waals surface area contributed by atoms with E-state index >= 15 is 0 Å². The quantitative estimate of drug-likeness (QED) is 0.892. The van der Waals surface area contributed by atoms with Crippen molar-refractivity contribution in [3.63, 3.8) is 0 Å². The van der Waals surface area contributed by atoms with Crippen molar-refractivity contribution in [2.75, 3.05) is 18.4 Å². The van der Waals surface area contributed by atoms with Crippen molar-refractivity contribution in [2.24, 2.45) is 0 Å². The normalized spacial score (nSPS) is 11.3. The SMILES string of the molecule is COCCc1ccccc1NS(=O)(=O)c1ccc(F)cc1. The summed E-state index contributed by atoms with van der Waals surface area (Å²) in [4.78, 5) is 0.0189. The summed E-state index contributed by atoms with van der Waals surface area (Å²) >= 11 is 0. The van der Waals surface area contributed by atoms with Crippen LogP contribution in [0.3, 0.4) is 0 Å². The molecule has 2 aromatic rings. The lowest BCUT2D eigenvalue weighted by molar-refractivity contribution is 0.202. The molecule has 0 spiro atoms. The van der Waals surface area contributed by atoms with Crippen LogP contribution in [0.15, 0.2) is 53.4 Å². The standard InChI is InChI=1S/C15H16FNO3S/c1-20-11-10-12-4-2-3-5-15(12)17-21(18,19)14-8-6-13(16)7-9-14/h2-9,17H,10-11H2,1H3. The molecule has 0 aliphatic rings. The Morgan fingerprint density at radius 1 is 1.10 bits per heavy atom. The van der Waals surface area contributed by atoms with Crippen molar-refractivity contribution in [1.29, 1.82) is 0 Å². The van der Waals surface area contributed by atoms with Crippen LogP contribution in [0.5, 0.6) is 0 Å². The van der Waals surface area contributed by atoms with Gasteiger partial charge in [-0.15, -0.1) is 0 Å². The second-order valence-corrected chi connectivity index (χ2v) is 6.14. The van der Waals surface area contributed by atoms with E-state index in [1.54, 1.807) is 19.2 Å². The Morgan fingerprint density at radius 2 is 1.76 bits per heavy atom. The third-order valence-electron chi connectivity index (χ3n) is 2.96. The number of nitrogens with one attached hydrogen (secondary N) is 1. The van der Waals surface area contributed by atoms with Gasteiger partial charge in [-0.2, -0.15) is 0 Å². The topological polar surface area (TPSA) is 55.4 Å². The minimum Gasteiger partial charge on any atom is -0.384 e. The molecule has 4 nitrogen and oxygen atoms in total. The molecule has 21 heavy (non-hydrogen) atoms. The number of benzene rings is 2. The largest absolute Gasteiger partial charge is 0.384 e. The van der Waals surface area contributed by atoms with E-state index in [2.05, 4.69) is 4.72 Å². The van der Waals surface area contributed by atoms with Crippen LogP contribution in [0.2, 0.25) is 0 Å². The lowest BCUT2D eigenvalue weighted by Crippen LogP contribution is -2.14. The van der Waals surface area contributed by atoms with Crippen LogP contribution in [-0.2, 0) is 21.2 Å². The molecule has 0 aliphatic carbocycles. The van der Waals surface area contributed by atoms with Crippen LogP contribution in [0.1, 0.15) is 5.56 Å². The van der Waals surface area contributed by atoms with Gasteiger partial charge in [0, 0.05) is 7.11 Å². The second-order valence-electron chi connectivity index (χ2n) is 4.46. The third-order valence-corrected chi connectivity index (χ3v) is 4.34. The minimum atomic E-state index is -3.74. The van der Waals surface area contributed by atoms with Crippen LogP contribution < -0.4 is 4.72 Å². The average Bonchev–Trinajstić information content (AvgIpc) is 2.46. The van der Waals surface area contributed by atoms with Gasteiger partial charge in [0.15, 0.2) is 0 Å². The van der Waals surface area contributed by atoms with Gasteiger partial charge in [-0.1, -0.05) is 18.2 Å². The van der Waals surface area contributed by atoms with E-state index in [1.165, 1.54) is 12.1 Å². The predicted octanol–water partition coefficient (Wildman–Crippen LogP) is 2.82. The fourth-order valence-corrected chi connectivity index (χ4v) is 2.97. The maximum Gasteiger partial charge on any atom is 0.261 e. The Morgan fingerprint density at radius 3 is 2.43 bits per heavy atom. The average molecular weight is 309 g/mol. The summed E-state index contributed by atoms with van der Waals surface area (Å²) in [6, 6.07) is 11.8. The van der Waals surface area contributed by atoms with Gasteiger partial charge < -0.3 is 4.74 Å². The first-order chi connectivity index (χ1) is 10.0. The molecule has 0 amide bonds. The van der Waals surface area contributed by atoms with E-state index in [0.29, 0.717) is 18.7 Å². The number of rotatable bonds is 6. The Balaban J connectivity index is 2.26. The smallest absolute Gasteiger partial charge is 0.261 e. The van der Waals surface area contributed by atoms with Crippen LogP contribution in [-0.4, -0.2) is 22.1 Å². The highest BCUT2D eigenvalue weighted by Crippen LogP contribution is 2.20. The maximum absolute atomic E-state index is 12.9. The molecule has 6 heteroatoms. The summed E-state index contributed by atoms with van der Waals surface area (Å²) in [7, 11) is -2.15. The molecule has 0 saturated heterocycles. The lowest BCUT2D eigenvalue weighted by Gasteiger charge is -2.12. The van der Waals surface area contributed by atoms with Gasteiger partial charge >= 0.3 is 0 Å². The third kappa shape index (κ3) is 4.03. The van der Waals surface area contributed by atoms with E-state index in [4.69, 9.17) is 4.74 Å². The molecule has 112 valence electrons. The summed E-state index contributed by atoms with van der Waals surface area (Å²) in [6.45, 7) is 0.495. The Kier molecular flexibility index (Phi) is 4.93. The molecule has 2 aromatic carbocycles. The second kappa shape index (κ2) is 6.69. The Bertz CT molecular complexity index is 699. The molecular weight excluding hydrogens is 293 g/mol. The first-order valence-corrected chi connectivity index (χ1v) is 7.86. The zero-order valence-corrected chi connectivity index (χ0v) is 12.4. The van der Waals surface area contributed by atoms with Gasteiger partial charge in [0.1, 0.15) is 5.82 Å². The molecule has 2 rings (SSSR count). The van der Waals surface area contributed by atoms with E-state index in [-0.39, 0.29) is 4.90 Å². The van der Waals surface area contributed by atoms with E-state index in [1.807, 2.05) is 12.1 Å². The molecule has 0 atom stereocenters. The molecule has 0 radical (unpaired) electrons. The van der Waals surface area contributed by atoms with Gasteiger partial charge in [0.05, 0.1) is 17.2 Å². The predicted molar refractivity (Wildman–Crippen MR) is 79.2 cm³/mol. The van der Waals surface area contributed by atoms with Crippen LogP contribution >= 0.6 is 0 Å². The summed E-state index contributed by atoms with van der Waals surface area (Å²) in [5.41, 5.74) is 1.34. The fraction of sp³-hybridized carbons (Fsp3) is 0.200. The van der Waals surface area contributed by atoms with Gasteiger partial charge in [-0.05, 0) is 42.3 Å². The maximum atomic E-state index is 12.9. The van der Waals surface area contributed by atoms with Crippen LogP contribution in [0.4, 0.5) is 10.1 Å². The summed E-state index contributed by atoms with van der Waals surface area (Å²) in [5.74, 6) is -0.477. The molecule has 0 fully saturated rings. The van der Waals surface area contributed by atoms with Crippen LogP contribution in [0, 0.1) is 5.82 Å². The molecule has 0 unspecified atom stereocenters. The van der Waals surface area contributed by atoms with Gasteiger partial charge in [-0.3, -0.25) is 4.72 Å². The van der Waals surface area contributed by atoms with Crippen molar-refractivity contribution in [2.45, 2.75) is 11.3 Å². The van der Waals surface area contributed by atoms with Gasteiger partial charge in [-0.25, -0.2) is 12.8 Å². The first-order valence-electron chi connectivity index (χ1n) is 6.38. The number of ether oxygens (including phenoxy) is 1. The van der Waals surface area contributed by atoms with Crippen molar-refractivity contribution < 1.29 is 17.5 Å². The minimum absolute atomic E-state index is 0.0189. The zero-order chi connectivity index (χ0) is 15.3. The highest BCUT2D eigenvalue weighted by Gasteiger charge is 2.15. The monoisotopic (exact) mass is 309 g/mol. The zero-order valence-electron chi connectivity index (χ0n) is 11.5. The van der Waals surface area contributed by atoms with Gasteiger partial charge in [0.2, 0.25) is 0 Å². The highest BCUT2D eigenvalue weighted by molar-refractivity contribution is 7.92. The van der Waals surface area contributed by atoms with Gasteiger partial charge in [0.25, 0.3) is 10.0 Å². The van der Waals surface area contributed by atoms with E-state index in [0.717, 1.165) is 17.7 Å². The lowest BCUT2D eigenvalue weighted by atomic mass is 10.1. The molecule has 0 bridgehead atoms. The van der Waals surface area contributed by atoms with Crippen LogP contribution in [0.25, 0.3) is 0 Å². The number of hydrogen-bond donors (Lipinski definition) is 1. The number of sulfonamides is 1. The molecule has 1 N–H and O–H groups in total.